The Morgan fingerprint density at radius 3 is 3.21 bits per heavy atom. The summed E-state index contributed by atoms with van der Waals surface area (Å²) < 4.78 is 10.2. The molecule has 0 saturated carbocycles. The van der Waals surface area contributed by atoms with Crippen LogP contribution >= 0.6 is 0 Å². The summed E-state index contributed by atoms with van der Waals surface area (Å²) in [5.74, 6) is 0.446. The predicted octanol–water partition coefficient (Wildman–Crippen LogP) is 0.672. The number of methoxy groups -OCH3 is 1. The molecule has 2 heterocycles. The molecule has 1 aromatic rings. The number of rotatable bonds is 3. The third-order valence-electron chi connectivity index (χ3n) is 3.20. The highest BCUT2D eigenvalue weighted by Crippen LogP contribution is 2.18. The van der Waals surface area contributed by atoms with E-state index >= 15 is 0 Å². The Labute approximate surface area is 111 Å². The van der Waals surface area contributed by atoms with Crippen LogP contribution in [-0.2, 0) is 11.3 Å². The lowest BCUT2D eigenvalue weighted by Gasteiger charge is -2.30. The molecule has 1 aliphatic heterocycles. The fraction of sp³-hybridized carbons (Fsp3) is 0.538. The SMILES string of the molecule is COC(=O)c1oc(CN2CCNCC2C#N)cc1C. The molecule has 0 amide bonds. The van der Waals surface area contributed by atoms with Gasteiger partial charge in [-0.2, -0.15) is 5.26 Å². The van der Waals surface area contributed by atoms with Crippen LogP contribution in [0, 0.1) is 18.3 Å². The van der Waals surface area contributed by atoms with Crippen LogP contribution < -0.4 is 5.32 Å². The van der Waals surface area contributed by atoms with Crippen molar-refractivity contribution in [1.29, 1.82) is 5.26 Å². The van der Waals surface area contributed by atoms with Gasteiger partial charge in [0.15, 0.2) is 0 Å². The molecule has 0 spiro atoms. The molecule has 6 heteroatoms. The molecule has 0 aliphatic carbocycles. The number of ether oxygens (including phenoxy) is 1. The lowest BCUT2D eigenvalue weighted by atomic mass is 10.2. The van der Waals surface area contributed by atoms with Crippen LogP contribution in [0.25, 0.3) is 0 Å². The second kappa shape index (κ2) is 5.87. The molecule has 19 heavy (non-hydrogen) atoms. The smallest absolute Gasteiger partial charge is 0.374 e. The van der Waals surface area contributed by atoms with Crippen LogP contribution in [0.15, 0.2) is 10.5 Å². The Morgan fingerprint density at radius 1 is 1.74 bits per heavy atom. The number of esters is 1. The Bertz CT molecular complexity index is 504. The fourth-order valence-corrected chi connectivity index (χ4v) is 2.18. The lowest BCUT2D eigenvalue weighted by molar-refractivity contribution is 0.0559. The first-order valence-electron chi connectivity index (χ1n) is 6.17. The van der Waals surface area contributed by atoms with Gasteiger partial charge in [-0.1, -0.05) is 0 Å². The maximum absolute atomic E-state index is 11.5. The van der Waals surface area contributed by atoms with Gasteiger partial charge >= 0.3 is 5.97 Å². The van der Waals surface area contributed by atoms with E-state index in [1.807, 2.05) is 11.0 Å². The second-order valence-corrected chi connectivity index (χ2v) is 4.54. The van der Waals surface area contributed by atoms with Gasteiger partial charge < -0.3 is 14.5 Å². The zero-order valence-electron chi connectivity index (χ0n) is 11.1. The van der Waals surface area contributed by atoms with Gasteiger partial charge in [-0.05, 0) is 13.0 Å². The highest BCUT2D eigenvalue weighted by atomic mass is 16.5. The van der Waals surface area contributed by atoms with Crippen molar-refractivity contribution in [1.82, 2.24) is 10.2 Å². The van der Waals surface area contributed by atoms with E-state index in [1.165, 1.54) is 7.11 Å². The molecule has 2 rings (SSSR count). The van der Waals surface area contributed by atoms with Crippen molar-refractivity contribution in [3.05, 3.63) is 23.2 Å². The van der Waals surface area contributed by atoms with Gasteiger partial charge in [0.05, 0.1) is 19.7 Å². The molecular weight excluding hydrogens is 246 g/mol. The molecule has 1 N–H and O–H groups in total. The number of furan rings is 1. The number of hydrogen-bond donors (Lipinski definition) is 1. The van der Waals surface area contributed by atoms with Crippen LogP contribution in [0.5, 0.6) is 0 Å². The number of carbonyl (C=O) groups is 1. The van der Waals surface area contributed by atoms with E-state index in [4.69, 9.17) is 9.68 Å². The highest BCUT2D eigenvalue weighted by molar-refractivity contribution is 5.87. The number of nitrogens with one attached hydrogen (secondary N) is 1. The minimum absolute atomic E-state index is 0.166. The van der Waals surface area contributed by atoms with Crippen LogP contribution in [0.2, 0.25) is 0 Å². The van der Waals surface area contributed by atoms with Gasteiger partial charge in [-0.25, -0.2) is 4.79 Å². The minimum Gasteiger partial charge on any atom is -0.463 e. The van der Waals surface area contributed by atoms with E-state index in [0.29, 0.717) is 18.8 Å². The largest absolute Gasteiger partial charge is 0.463 e. The second-order valence-electron chi connectivity index (χ2n) is 4.54. The molecule has 1 aliphatic rings. The number of nitrogens with zero attached hydrogens (tertiary/aromatic N) is 2. The fourth-order valence-electron chi connectivity index (χ4n) is 2.18. The predicted molar refractivity (Wildman–Crippen MR) is 67.5 cm³/mol. The Hall–Kier alpha value is -1.84. The third-order valence-corrected chi connectivity index (χ3v) is 3.20. The molecule has 1 aromatic heterocycles. The van der Waals surface area contributed by atoms with E-state index in [9.17, 15) is 4.79 Å². The normalized spacial score (nSPS) is 19.9. The molecule has 1 unspecified atom stereocenters. The van der Waals surface area contributed by atoms with Gasteiger partial charge in [0.25, 0.3) is 0 Å². The van der Waals surface area contributed by atoms with Crippen molar-refractivity contribution in [2.45, 2.75) is 19.5 Å². The summed E-state index contributed by atoms with van der Waals surface area (Å²) in [6, 6.07) is 3.92. The van der Waals surface area contributed by atoms with Crippen LogP contribution in [0.1, 0.15) is 21.9 Å². The molecule has 1 atom stereocenters. The monoisotopic (exact) mass is 263 g/mol. The Kier molecular flexibility index (Phi) is 4.20. The van der Waals surface area contributed by atoms with Crippen molar-refractivity contribution >= 4 is 5.97 Å². The highest BCUT2D eigenvalue weighted by Gasteiger charge is 2.24. The van der Waals surface area contributed by atoms with E-state index in [2.05, 4.69) is 16.1 Å². The summed E-state index contributed by atoms with van der Waals surface area (Å²) in [4.78, 5) is 13.5. The average Bonchev–Trinajstić information content (AvgIpc) is 2.79. The molecular formula is C13H17N3O3. The van der Waals surface area contributed by atoms with Gasteiger partial charge in [-0.3, -0.25) is 4.90 Å². The maximum atomic E-state index is 11.5. The van der Waals surface area contributed by atoms with Crippen molar-refractivity contribution < 1.29 is 13.9 Å². The van der Waals surface area contributed by atoms with Gasteiger partial charge in [-0.15, -0.1) is 0 Å². The van der Waals surface area contributed by atoms with Crippen molar-refractivity contribution in [3.8, 4) is 6.07 Å². The number of piperazine rings is 1. The summed E-state index contributed by atoms with van der Waals surface area (Å²) >= 11 is 0. The average molecular weight is 263 g/mol. The van der Waals surface area contributed by atoms with Crippen LogP contribution in [-0.4, -0.2) is 43.7 Å². The van der Waals surface area contributed by atoms with Crippen molar-refractivity contribution in [3.63, 3.8) is 0 Å². The van der Waals surface area contributed by atoms with E-state index < -0.39 is 5.97 Å². The minimum atomic E-state index is -0.471. The van der Waals surface area contributed by atoms with E-state index in [-0.39, 0.29) is 11.8 Å². The summed E-state index contributed by atoms with van der Waals surface area (Å²) in [6.45, 7) is 4.61. The topological polar surface area (TPSA) is 78.5 Å². The molecule has 1 fully saturated rings. The number of hydrogen-bond acceptors (Lipinski definition) is 6. The summed E-state index contributed by atoms with van der Waals surface area (Å²) in [6.07, 6.45) is 0. The first kappa shape index (κ1) is 13.6. The molecule has 0 bridgehead atoms. The zero-order chi connectivity index (χ0) is 13.8. The summed E-state index contributed by atoms with van der Waals surface area (Å²) in [5, 5.41) is 12.3. The van der Waals surface area contributed by atoms with Crippen LogP contribution in [0.3, 0.4) is 0 Å². The summed E-state index contributed by atoms with van der Waals surface area (Å²) in [5.41, 5.74) is 0.755. The molecule has 0 radical (unpaired) electrons. The molecule has 102 valence electrons. The summed E-state index contributed by atoms with van der Waals surface area (Å²) in [7, 11) is 1.33. The van der Waals surface area contributed by atoms with Crippen molar-refractivity contribution in [2.24, 2.45) is 0 Å². The zero-order valence-corrected chi connectivity index (χ0v) is 11.1. The molecule has 1 saturated heterocycles. The lowest BCUT2D eigenvalue weighted by Crippen LogP contribution is -2.49. The standard InChI is InChI=1S/C13H17N3O3/c1-9-5-11(19-12(9)13(17)18-2)8-16-4-3-15-7-10(16)6-14/h5,10,15H,3-4,7-8H2,1-2H3. The van der Waals surface area contributed by atoms with E-state index in [0.717, 1.165) is 18.7 Å². The van der Waals surface area contributed by atoms with Crippen molar-refractivity contribution in [2.75, 3.05) is 26.7 Å². The molecule has 6 nitrogen and oxygen atoms in total. The van der Waals surface area contributed by atoms with Gasteiger partial charge in [0.2, 0.25) is 5.76 Å². The number of carbonyl (C=O) groups excluding carboxylic acids is 1. The van der Waals surface area contributed by atoms with E-state index in [1.54, 1.807) is 6.92 Å². The third kappa shape index (κ3) is 2.95. The van der Waals surface area contributed by atoms with Gasteiger partial charge in [0.1, 0.15) is 11.8 Å². The Balaban J connectivity index is 2.11. The molecule has 0 aromatic carbocycles. The van der Waals surface area contributed by atoms with Crippen LogP contribution in [0.4, 0.5) is 0 Å². The first-order chi connectivity index (χ1) is 9.15. The quantitative estimate of drug-likeness (QED) is 0.808. The van der Waals surface area contributed by atoms with Gasteiger partial charge in [0, 0.05) is 25.2 Å². The maximum Gasteiger partial charge on any atom is 0.374 e. The number of aryl methyl sites for hydroxylation is 1. The first-order valence-corrected chi connectivity index (χ1v) is 6.17. The Morgan fingerprint density at radius 2 is 2.53 bits per heavy atom. The number of nitriles is 1.